The van der Waals surface area contributed by atoms with Gasteiger partial charge in [-0.1, -0.05) is 0 Å². The number of hydrogen-bond acceptors (Lipinski definition) is 4. The standard InChI is InChI=1S/Hg.H2O4S.Pb.2H/c;1-5(2,3)4;;;/h;(H2,1,2,3,4);;;/q+2;;;;/p-2. The summed E-state index contributed by atoms with van der Waals surface area (Å²) < 4.78 is 34.1. The Balaban J connectivity index is -0.0000000800. The Kier molecular flexibility index (Phi) is 13.3. The summed E-state index contributed by atoms with van der Waals surface area (Å²) in [6, 6.07) is 0. The first kappa shape index (κ1) is 15.9. The molecule has 0 unspecified atom stereocenters. The monoisotopic (exact) mass is 508 g/mol. The molecular weight excluding hydrogens is 504 g/mol. The molecule has 0 heterocycles. The molecule has 0 aliphatic carbocycles. The van der Waals surface area contributed by atoms with Crippen molar-refractivity contribution in [1.82, 2.24) is 0 Å². The van der Waals surface area contributed by atoms with Gasteiger partial charge in [0.2, 0.25) is 0 Å². The third-order valence-electron chi connectivity index (χ3n) is 0. The Bertz CT molecular complexity index is 94.9. The Morgan fingerprint density at radius 2 is 1.14 bits per heavy atom. The van der Waals surface area contributed by atoms with Crippen molar-refractivity contribution in [2.45, 2.75) is 0 Å². The zero-order chi connectivity index (χ0) is 4.50. The molecule has 0 aromatic carbocycles. The van der Waals surface area contributed by atoms with Crippen LogP contribution in [0.3, 0.4) is 0 Å². The van der Waals surface area contributed by atoms with Gasteiger partial charge in [-0.15, -0.1) is 0 Å². The average molecular weight is 506 g/mol. The minimum atomic E-state index is -5.17. The van der Waals surface area contributed by atoms with Crippen molar-refractivity contribution < 1.29 is 45.2 Å². The molecule has 2 radical (unpaired) electrons. The maximum absolute atomic E-state index is 8.52. The Morgan fingerprint density at radius 1 is 1.14 bits per heavy atom. The summed E-state index contributed by atoms with van der Waals surface area (Å²) >= 11 is 0. The summed E-state index contributed by atoms with van der Waals surface area (Å²) in [5.74, 6) is 0. The fourth-order valence-corrected chi connectivity index (χ4v) is 0. The molecule has 0 N–H and O–H groups in total. The van der Waals surface area contributed by atoms with Crippen molar-refractivity contribution in [1.29, 1.82) is 0 Å². The van der Waals surface area contributed by atoms with Crippen LogP contribution in [0.1, 0.15) is 0 Å². The van der Waals surface area contributed by atoms with E-state index in [9.17, 15) is 0 Å². The number of rotatable bonds is 0. The molecule has 7 heavy (non-hydrogen) atoms. The van der Waals surface area contributed by atoms with Crippen LogP contribution in [-0.4, -0.2) is 44.8 Å². The van der Waals surface area contributed by atoms with E-state index >= 15 is 0 Å². The minimum absolute atomic E-state index is 0. The predicted molar refractivity (Wildman–Crippen MR) is 19.0 cm³/mol. The predicted octanol–water partition coefficient (Wildman–Crippen LogP) is -2.26. The van der Waals surface area contributed by atoms with Gasteiger partial charge < -0.3 is 9.11 Å². The van der Waals surface area contributed by atoms with Crippen LogP contribution < -0.4 is 0 Å². The molecule has 0 aliphatic rings. The van der Waals surface area contributed by atoms with Crippen LogP contribution in [0, 0.1) is 0 Å². The van der Waals surface area contributed by atoms with Crippen LogP contribution in [0.4, 0.5) is 0 Å². The van der Waals surface area contributed by atoms with Gasteiger partial charge in [-0.05, 0) is 0 Å². The van der Waals surface area contributed by atoms with Gasteiger partial charge in [0, 0.05) is 10.4 Å². The molecule has 0 spiro atoms. The summed E-state index contributed by atoms with van der Waals surface area (Å²) in [4.78, 5) is 0. The van der Waals surface area contributed by atoms with Gasteiger partial charge in [0.15, 0.2) is 0 Å². The first-order chi connectivity index (χ1) is 2.00. The van der Waals surface area contributed by atoms with Crippen molar-refractivity contribution in [3.8, 4) is 0 Å². The topological polar surface area (TPSA) is 80.3 Å². The second-order valence-electron chi connectivity index (χ2n) is 0.408. The number of hydrogen-bond donors (Lipinski definition) is 0. The van der Waals surface area contributed by atoms with E-state index in [1.165, 1.54) is 0 Å². The zero-order valence-electron chi connectivity index (χ0n) is 3.46. The van der Waals surface area contributed by atoms with Gasteiger partial charge in [0.25, 0.3) is 0 Å². The first-order valence-corrected chi connectivity index (χ1v) is 2.00. The second kappa shape index (κ2) is 5.86. The molecule has 0 atom stereocenters. The van der Waals surface area contributed by atoms with Gasteiger partial charge in [-0.25, -0.2) is 0 Å². The third-order valence-corrected chi connectivity index (χ3v) is 0. The van der Waals surface area contributed by atoms with E-state index in [0.29, 0.717) is 0 Å². The second-order valence-corrected chi connectivity index (χ2v) is 1.22. The summed E-state index contributed by atoms with van der Waals surface area (Å²) in [6.45, 7) is 0. The first-order valence-electron chi connectivity index (χ1n) is 0.667. The fraction of sp³-hybridized carbons (Fsp3) is 0. The van der Waals surface area contributed by atoms with E-state index in [1.54, 1.807) is 0 Å². The van der Waals surface area contributed by atoms with Crippen molar-refractivity contribution >= 4 is 37.7 Å². The molecule has 0 aliphatic heterocycles. The van der Waals surface area contributed by atoms with Gasteiger partial charge in [0.1, 0.15) is 0 Å². The molecule has 0 bridgehead atoms. The fourth-order valence-electron chi connectivity index (χ4n) is 0. The van der Waals surface area contributed by atoms with E-state index in [2.05, 4.69) is 0 Å². The molecule has 0 saturated carbocycles. The molecule has 0 fully saturated rings. The van der Waals surface area contributed by atoms with Crippen molar-refractivity contribution in [2.24, 2.45) is 0 Å². The Hall–Kier alpha value is 1.73. The molecule has 7 heteroatoms. The van der Waals surface area contributed by atoms with Crippen LogP contribution in [0.2, 0.25) is 0 Å². The van der Waals surface area contributed by atoms with Crippen LogP contribution >= 0.6 is 0 Å². The summed E-state index contributed by atoms with van der Waals surface area (Å²) in [5.41, 5.74) is 0. The molecule has 0 aromatic rings. The van der Waals surface area contributed by atoms with E-state index < -0.39 is 10.4 Å². The molecule has 38 valence electrons. The zero-order valence-corrected chi connectivity index (χ0v) is 15.3. The van der Waals surface area contributed by atoms with Crippen molar-refractivity contribution in [3.63, 3.8) is 0 Å². The molecule has 4 nitrogen and oxygen atoms in total. The molecule has 0 saturated heterocycles. The summed E-state index contributed by atoms with van der Waals surface area (Å²) in [7, 11) is -5.17. The molecule has 0 rings (SSSR count). The average Bonchev–Trinajstić information content (AvgIpc) is 0.722. The summed E-state index contributed by atoms with van der Waals surface area (Å²) in [6.07, 6.45) is 0. The maximum atomic E-state index is 8.52. The molecule has 0 amide bonds. The van der Waals surface area contributed by atoms with Crippen LogP contribution in [-0.2, 0) is 38.1 Å². The van der Waals surface area contributed by atoms with E-state index in [1.807, 2.05) is 0 Å². The van der Waals surface area contributed by atoms with Crippen LogP contribution in [0.5, 0.6) is 0 Å². The van der Waals surface area contributed by atoms with E-state index in [0.717, 1.165) is 0 Å². The van der Waals surface area contributed by atoms with Gasteiger partial charge in [0.05, 0.1) is 0 Å². The Morgan fingerprint density at radius 3 is 1.14 bits per heavy atom. The van der Waals surface area contributed by atoms with Gasteiger partial charge >= 0.3 is 55.0 Å². The van der Waals surface area contributed by atoms with E-state index in [4.69, 9.17) is 17.5 Å². The van der Waals surface area contributed by atoms with E-state index in [-0.39, 0.29) is 55.0 Å². The SMILES string of the molecule is O=S(=O)([O-])[O-].[Hg+2].[PbH2]. The van der Waals surface area contributed by atoms with Gasteiger partial charge in [-0.3, -0.25) is 8.42 Å². The normalized spacial score (nSPS) is 8.29. The van der Waals surface area contributed by atoms with Crippen molar-refractivity contribution in [2.75, 3.05) is 0 Å². The summed E-state index contributed by atoms with van der Waals surface area (Å²) in [5, 5.41) is 0. The van der Waals surface area contributed by atoms with Crippen LogP contribution in [0.25, 0.3) is 0 Å². The van der Waals surface area contributed by atoms with Crippen molar-refractivity contribution in [3.05, 3.63) is 0 Å². The quantitative estimate of drug-likeness (QED) is 0.212. The van der Waals surface area contributed by atoms with Crippen LogP contribution in [0.15, 0.2) is 0 Å². The van der Waals surface area contributed by atoms with Gasteiger partial charge in [-0.2, -0.15) is 0 Å². The molecule has 0 aromatic heterocycles. The Labute approximate surface area is 81.9 Å². The molecular formula is H2HgO4PbS. The third kappa shape index (κ3) is 85.0.